The van der Waals surface area contributed by atoms with Gasteiger partial charge in [0.2, 0.25) is 0 Å². The van der Waals surface area contributed by atoms with Gasteiger partial charge in [-0.25, -0.2) is 4.98 Å². The Balaban J connectivity index is 2.24. The van der Waals surface area contributed by atoms with Crippen LogP contribution < -0.4 is 4.90 Å². The molecule has 1 aliphatic rings. The van der Waals surface area contributed by atoms with E-state index in [0.717, 1.165) is 6.07 Å². The van der Waals surface area contributed by atoms with Crippen LogP contribution in [0.1, 0.15) is 19.0 Å². The summed E-state index contributed by atoms with van der Waals surface area (Å²) in [6.07, 6.45) is -3.96. The van der Waals surface area contributed by atoms with E-state index in [2.05, 4.69) is 4.98 Å². The molecule has 1 aromatic heterocycles. The number of carboxylic acid groups (broad SMARTS) is 1. The number of rotatable bonds is 2. The third-order valence-corrected chi connectivity index (χ3v) is 3.36. The molecule has 0 amide bonds. The van der Waals surface area contributed by atoms with E-state index in [1.165, 1.54) is 12.1 Å². The molecule has 0 aliphatic carbocycles. The Kier molecular flexibility index (Phi) is 3.87. The highest BCUT2D eigenvalue weighted by Crippen LogP contribution is 2.30. The minimum absolute atomic E-state index is 0.0983. The van der Waals surface area contributed by atoms with E-state index in [-0.39, 0.29) is 18.3 Å². The van der Waals surface area contributed by atoms with Crippen LogP contribution in [0.5, 0.6) is 0 Å². The van der Waals surface area contributed by atoms with E-state index in [1.54, 1.807) is 4.90 Å². The molecule has 0 spiro atoms. The molecule has 2 heterocycles. The van der Waals surface area contributed by atoms with Gasteiger partial charge in [-0.05, 0) is 24.5 Å². The minimum atomic E-state index is -4.50. The van der Waals surface area contributed by atoms with Crippen LogP contribution in [0.2, 0.25) is 0 Å². The molecule has 1 saturated heterocycles. The summed E-state index contributed by atoms with van der Waals surface area (Å²) in [5, 5.41) is 9.08. The molecule has 2 atom stereocenters. The van der Waals surface area contributed by atoms with Gasteiger partial charge in [-0.1, -0.05) is 13.0 Å². The van der Waals surface area contributed by atoms with Crippen LogP contribution >= 0.6 is 0 Å². The maximum absolute atomic E-state index is 12.6. The number of halogens is 3. The number of hydrogen-bond donors (Lipinski definition) is 1. The van der Waals surface area contributed by atoms with E-state index in [4.69, 9.17) is 5.11 Å². The van der Waals surface area contributed by atoms with Gasteiger partial charge < -0.3 is 10.0 Å². The molecular formula is C13H15F3N2O2. The highest BCUT2D eigenvalue weighted by atomic mass is 19.4. The highest BCUT2D eigenvalue weighted by molar-refractivity contribution is 5.71. The Labute approximate surface area is 114 Å². The van der Waals surface area contributed by atoms with Crippen LogP contribution in [0.25, 0.3) is 0 Å². The van der Waals surface area contributed by atoms with Gasteiger partial charge in [-0.15, -0.1) is 0 Å². The second-order valence-electron chi connectivity index (χ2n) is 5.16. The summed E-state index contributed by atoms with van der Waals surface area (Å²) < 4.78 is 37.9. The second-order valence-corrected chi connectivity index (χ2v) is 5.16. The molecular weight excluding hydrogens is 273 g/mol. The van der Waals surface area contributed by atoms with Gasteiger partial charge in [-0.2, -0.15) is 13.2 Å². The smallest absolute Gasteiger partial charge is 0.433 e. The Bertz CT molecular complexity index is 505. The Morgan fingerprint density at radius 2 is 2.10 bits per heavy atom. The van der Waals surface area contributed by atoms with Gasteiger partial charge in [-0.3, -0.25) is 4.79 Å². The van der Waals surface area contributed by atoms with E-state index in [1.807, 2.05) is 6.92 Å². The third-order valence-electron chi connectivity index (χ3n) is 3.36. The SMILES string of the molecule is CC1CC(C(=O)O)CN(c2cccc(C(F)(F)F)n2)C1. The van der Waals surface area contributed by atoms with Crippen molar-refractivity contribution < 1.29 is 23.1 Å². The number of hydrogen-bond acceptors (Lipinski definition) is 3. The monoisotopic (exact) mass is 288 g/mol. The predicted molar refractivity (Wildman–Crippen MR) is 66.4 cm³/mol. The van der Waals surface area contributed by atoms with Crippen molar-refractivity contribution in [1.82, 2.24) is 4.98 Å². The number of pyridine rings is 1. The van der Waals surface area contributed by atoms with Crippen molar-refractivity contribution in [3.63, 3.8) is 0 Å². The quantitative estimate of drug-likeness (QED) is 0.909. The zero-order valence-corrected chi connectivity index (χ0v) is 10.9. The molecule has 1 N–H and O–H groups in total. The molecule has 0 radical (unpaired) electrons. The number of aliphatic carboxylic acids is 1. The molecule has 1 fully saturated rings. The molecule has 1 aliphatic heterocycles. The van der Waals surface area contributed by atoms with Crippen molar-refractivity contribution >= 4 is 11.8 Å². The number of nitrogens with zero attached hydrogens (tertiary/aromatic N) is 2. The Morgan fingerprint density at radius 3 is 2.70 bits per heavy atom. The van der Waals surface area contributed by atoms with Crippen LogP contribution in [0.4, 0.5) is 19.0 Å². The minimum Gasteiger partial charge on any atom is -0.481 e. The van der Waals surface area contributed by atoms with E-state index >= 15 is 0 Å². The number of anilines is 1. The molecule has 1 aromatic rings. The lowest BCUT2D eigenvalue weighted by Gasteiger charge is -2.35. The van der Waals surface area contributed by atoms with E-state index < -0.39 is 23.8 Å². The first-order chi connectivity index (χ1) is 9.27. The topological polar surface area (TPSA) is 53.4 Å². The molecule has 7 heteroatoms. The molecule has 0 bridgehead atoms. The molecule has 2 unspecified atom stereocenters. The van der Waals surface area contributed by atoms with E-state index in [9.17, 15) is 18.0 Å². The fourth-order valence-electron chi connectivity index (χ4n) is 2.47. The number of alkyl halides is 3. The maximum Gasteiger partial charge on any atom is 0.433 e. The first-order valence-corrected chi connectivity index (χ1v) is 6.29. The van der Waals surface area contributed by atoms with Gasteiger partial charge in [0, 0.05) is 13.1 Å². The van der Waals surface area contributed by atoms with Gasteiger partial charge in [0.1, 0.15) is 11.5 Å². The highest BCUT2D eigenvalue weighted by Gasteiger charge is 2.34. The van der Waals surface area contributed by atoms with Crippen molar-refractivity contribution in [2.45, 2.75) is 19.5 Å². The summed E-state index contributed by atoms with van der Waals surface area (Å²) in [5.41, 5.74) is -0.958. The molecule has 20 heavy (non-hydrogen) atoms. The predicted octanol–water partition coefficient (Wildman–Crippen LogP) is 2.65. The summed E-state index contributed by atoms with van der Waals surface area (Å²) in [4.78, 5) is 16.3. The van der Waals surface area contributed by atoms with Gasteiger partial charge in [0.05, 0.1) is 5.92 Å². The fourth-order valence-corrected chi connectivity index (χ4v) is 2.47. The Morgan fingerprint density at radius 1 is 1.40 bits per heavy atom. The van der Waals surface area contributed by atoms with Gasteiger partial charge in [0.15, 0.2) is 0 Å². The zero-order valence-electron chi connectivity index (χ0n) is 10.9. The molecule has 4 nitrogen and oxygen atoms in total. The van der Waals surface area contributed by atoms with Crippen molar-refractivity contribution in [3.8, 4) is 0 Å². The normalized spacial score (nSPS) is 23.7. The summed E-state index contributed by atoms with van der Waals surface area (Å²) in [6.45, 7) is 2.59. The summed E-state index contributed by atoms with van der Waals surface area (Å²) in [6, 6.07) is 3.68. The van der Waals surface area contributed by atoms with Crippen LogP contribution in [-0.2, 0) is 11.0 Å². The summed E-state index contributed by atoms with van der Waals surface area (Å²) in [7, 11) is 0. The number of carbonyl (C=O) groups is 1. The molecule has 2 rings (SSSR count). The molecule has 110 valence electrons. The molecule has 0 saturated carbocycles. The van der Waals surface area contributed by atoms with Crippen molar-refractivity contribution in [2.75, 3.05) is 18.0 Å². The standard InChI is InChI=1S/C13H15F3N2O2/c1-8-5-9(12(19)20)7-18(6-8)11-4-2-3-10(17-11)13(14,15)16/h2-4,8-9H,5-7H2,1H3,(H,19,20). The van der Waals surface area contributed by atoms with Crippen molar-refractivity contribution in [3.05, 3.63) is 23.9 Å². The van der Waals surface area contributed by atoms with Crippen molar-refractivity contribution in [1.29, 1.82) is 0 Å². The average Bonchev–Trinajstić information content (AvgIpc) is 2.37. The summed E-state index contributed by atoms with van der Waals surface area (Å²) >= 11 is 0. The largest absolute Gasteiger partial charge is 0.481 e. The van der Waals surface area contributed by atoms with Crippen LogP contribution in [0, 0.1) is 11.8 Å². The van der Waals surface area contributed by atoms with Crippen LogP contribution in [-0.4, -0.2) is 29.1 Å². The number of piperidine rings is 1. The lowest BCUT2D eigenvalue weighted by atomic mass is 9.90. The van der Waals surface area contributed by atoms with Gasteiger partial charge in [0.25, 0.3) is 0 Å². The number of aromatic nitrogens is 1. The first-order valence-electron chi connectivity index (χ1n) is 6.29. The van der Waals surface area contributed by atoms with E-state index in [0.29, 0.717) is 13.0 Å². The van der Waals surface area contributed by atoms with Crippen molar-refractivity contribution in [2.24, 2.45) is 11.8 Å². The number of carboxylic acids is 1. The zero-order chi connectivity index (χ0) is 14.9. The second kappa shape index (κ2) is 5.30. The Hall–Kier alpha value is -1.79. The lowest BCUT2D eigenvalue weighted by Crippen LogP contribution is -2.43. The lowest BCUT2D eigenvalue weighted by molar-refractivity contribution is -0.143. The third kappa shape index (κ3) is 3.20. The van der Waals surface area contributed by atoms with Crippen LogP contribution in [0.3, 0.4) is 0 Å². The summed E-state index contributed by atoms with van der Waals surface area (Å²) in [5.74, 6) is -1.22. The first kappa shape index (κ1) is 14.6. The molecule has 0 aromatic carbocycles. The fraction of sp³-hybridized carbons (Fsp3) is 0.538. The maximum atomic E-state index is 12.6. The van der Waals surface area contributed by atoms with Crippen LogP contribution in [0.15, 0.2) is 18.2 Å². The average molecular weight is 288 g/mol. The van der Waals surface area contributed by atoms with Gasteiger partial charge >= 0.3 is 12.1 Å².